The quantitative estimate of drug-likeness (QED) is 0.305. The Bertz CT molecular complexity index is 515. The average molecular weight is 358 g/mol. The number of benzene rings is 2. The van der Waals surface area contributed by atoms with Gasteiger partial charge in [-0.2, -0.15) is 0 Å². The molecule has 0 aliphatic heterocycles. The molecular formula is C21H30N2Ti. The summed E-state index contributed by atoms with van der Waals surface area (Å²) in [4.78, 5) is 0. The Balaban J connectivity index is 0. The van der Waals surface area contributed by atoms with Gasteiger partial charge in [-0.05, 0) is 27.7 Å². The molecular weight excluding hydrogens is 328 g/mol. The third-order valence-electron chi connectivity index (χ3n) is 3.74. The van der Waals surface area contributed by atoms with Gasteiger partial charge >= 0.3 is 21.7 Å². The molecule has 0 spiro atoms. The number of rotatable bonds is 6. The van der Waals surface area contributed by atoms with Crippen LogP contribution in [0, 0.1) is 42.5 Å². The molecule has 0 atom stereocenters. The van der Waals surface area contributed by atoms with Gasteiger partial charge in [0.05, 0.1) is 0 Å². The maximum atomic E-state index is 4.72. The van der Waals surface area contributed by atoms with E-state index in [1.165, 1.54) is 22.3 Å². The maximum Gasteiger partial charge on any atom is 4.00 e. The molecule has 0 aliphatic rings. The van der Waals surface area contributed by atoms with Gasteiger partial charge in [0.2, 0.25) is 0 Å². The summed E-state index contributed by atoms with van der Waals surface area (Å²) in [6, 6.07) is 12.6. The van der Waals surface area contributed by atoms with Crippen molar-refractivity contribution in [1.82, 2.24) is 0 Å². The van der Waals surface area contributed by atoms with E-state index in [9.17, 15) is 0 Å². The molecule has 2 aromatic carbocycles. The second-order valence-electron chi connectivity index (χ2n) is 5.60. The van der Waals surface area contributed by atoms with Crippen LogP contribution in [0.15, 0.2) is 36.4 Å². The number of nitrogens with zero attached hydrogens (tertiary/aromatic N) is 2. The molecule has 128 valence electrons. The predicted molar refractivity (Wildman–Crippen MR) is 105 cm³/mol. The molecule has 0 saturated heterocycles. The molecule has 24 heavy (non-hydrogen) atoms. The number of aryl methyl sites for hydroxylation is 4. The zero-order valence-corrected chi connectivity index (χ0v) is 17.5. The Morgan fingerprint density at radius 1 is 0.625 bits per heavy atom. The molecule has 0 fully saturated rings. The molecule has 0 bridgehead atoms. The van der Waals surface area contributed by atoms with Gasteiger partial charge in [-0.15, -0.1) is 24.5 Å². The number of hydrogen-bond donors (Lipinski definition) is 0. The second-order valence-corrected chi connectivity index (χ2v) is 5.60. The Kier molecular flexibility index (Phi) is 12.7. The van der Waals surface area contributed by atoms with Crippen LogP contribution in [0.1, 0.15) is 28.7 Å². The average Bonchev–Trinajstić information content (AvgIpc) is 2.44. The molecule has 0 amide bonds. The van der Waals surface area contributed by atoms with Crippen LogP contribution in [0.4, 0.5) is 11.4 Å². The minimum Gasteiger partial charge on any atom is -0.684 e. The van der Waals surface area contributed by atoms with E-state index in [0.717, 1.165) is 30.9 Å². The fraction of sp³-hybridized carbons (Fsp3) is 0.333. The van der Waals surface area contributed by atoms with Crippen LogP contribution in [0.25, 0.3) is 10.6 Å². The van der Waals surface area contributed by atoms with E-state index in [0.29, 0.717) is 0 Å². The predicted octanol–water partition coefficient (Wildman–Crippen LogP) is 6.92. The Morgan fingerprint density at radius 2 is 0.917 bits per heavy atom. The Morgan fingerprint density at radius 3 is 1.21 bits per heavy atom. The molecule has 0 aromatic heterocycles. The van der Waals surface area contributed by atoms with Crippen molar-refractivity contribution in [3.63, 3.8) is 0 Å². The van der Waals surface area contributed by atoms with Crippen molar-refractivity contribution in [1.29, 1.82) is 0 Å². The van der Waals surface area contributed by atoms with E-state index in [1.54, 1.807) is 0 Å². The third-order valence-corrected chi connectivity index (χ3v) is 3.74. The fourth-order valence-electron chi connectivity index (χ4n) is 2.56. The summed E-state index contributed by atoms with van der Waals surface area (Å²) in [5.41, 5.74) is 7.29. The van der Waals surface area contributed by atoms with Crippen LogP contribution in [0.5, 0.6) is 0 Å². The van der Waals surface area contributed by atoms with Crippen molar-refractivity contribution >= 4 is 11.4 Å². The van der Waals surface area contributed by atoms with Gasteiger partial charge in [-0.1, -0.05) is 65.1 Å². The van der Waals surface area contributed by atoms with E-state index in [1.807, 2.05) is 0 Å². The normalized spacial score (nSPS) is 9.17. The van der Waals surface area contributed by atoms with Gasteiger partial charge in [0, 0.05) is 0 Å². The first-order valence-electron chi connectivity index (χ1n) is 7.57. The van der Waals surface area contributed by atoms with Crippen molar-refractivity contribution in [2.24, 2.45) is 0 Å². The van der Waals surface area contributed by atoms with Gasteiger partial charge in [0.1, 0.15) is 0 Å². The Labute approximate surface area is 164 Å². The molecule has 0 saturated carbocycles. The van der Waals surface area contributed by atoms with E-state index in [-0.39, 0.29) is 36.6 Å². The fourth-order valence-corrected chi connectivity index (χ4v) is 2.56. The summed E-state index contributed by atoms with van der Waals surface area (Å²) in [5, 5.41) is 9.44. The first-order chi connectivity index (χ1) is 10.1. The van der Waals surface area contributed by atoms with Gasteiger partial charge in [-0.25, -0.2) is 0 Å². The molecule has 3 heteroatoms. The van der Waals surface area contributed by atoms with Gasteiger partial charge in [-0.3, -0.25) is 0 Å². The zero-order chi connectivity index (χ0) is 15.2. The molecule has 2 nitrogen and oxygen atoms in total. The summed E-state index contributed by atoms with van der Waals surface area (Å²) in [5.74, 6) is 0. The standard InChI is InChI=1S/C19H24N2.2CH3.Ti/c1-14-8-5-9-15(2)18(14)20-12-7-13-21-19-16(3)10-6-11-17(19)4;;;/h5-6,8-11H,7,12-13H2,1-4H3;2*1H3;/q-2;2*-1;+4. The minimum absolute atomic E-state index is 0. The molecule has 2 aromatic rings. The minimum atomic E-state index is 0. The van der Waals surface area contributed by atoms with Crippen LogP contribution in [0.2, 0.25) is 0 Å². The Hall–Kier alpha value is -1.25. The van der Waals surface area contributed by atoms with Crippen molar-refractivity contribution in [3.05, 3.63) is 84.1 Å². The number of hydrogen-bond acceptors (Lipinski definition) is 0. The van der Waals surface area contributed by atoms with Crippen molar-refractivity contribution in [2.75, 3.05) is 13.1 Å². The SMILES string of the molecule is Cc1cccc(C)c1[N-]CCC[N-]c1c(C)cccc1C.[CH3-].[CH3-].[Ti+4]. The van der Waals surface area contributed by atoms with Crippen LogP contribution in [-0.4, -0.2) is 13.1 Å². The maximum absolute atomic E-state index is 4.72. The summed E-state index contributed by atoms with van der Waals surface area (Å²) < 4.78 is 0. The summed E-state index contributed by atoms with van der Waals surface area (Å²) in [6.07, 6.45) is 0.988. The monoisotopic (exact) mass is 358 g/mol. The first kappa shape index (κ1) is 25.0. The summed E-state index contributed by atoms with van der Waals surface area (Å²) in [7, 11) is 0. The molecule has 0 aliphatic carbocycles. The van der Waals surface area contributed by atoms with Gasteiger partial charge in [0.25, 0.3) is 0 Å². The zero-order valence-electron chi connectivity index (χ0n) is 16.0. The summed E-state index contributed by atoms with van der Waals surface area (Å²) in [6.45, 7) is 10.1. The number of para-hydroxylation sites is 2. The van der Waals surface area contributed by atoms with E-state index in [2.05, 4.69) is 64.1 Å². The van der Waals surface area contributed by atoms with Crippen LogP contribution in [-0.2, 0) is 21.7 Å². The molecule has 2 rings (SSSR count). The molecule has 0 unspecified atom stereocenters. The van der Waals surface area contributed by atoms with Crippen molar-refractivity contribution in [3.8, 4) is 0 Å². The smallest absolute Gasteiger partial charge is 0.684 e. The molecule has 0 radical (unpaired) electrons. The van der Waals surface area contributed by atoms with Crippen molar-refractivity contribution in [2.45, 2.75) is 34.1 Å². The third kappa shape index (κ3) is 6.71. The van der Waals surface area contributed by atoms with Gasteiger partial charge < -0.3 is 25.5 Å². The van der Waals surface area contributed by atoms with Gasteiger partial charge in [0.15, 0.2) is 0 Å². The molecule has 0 N–H and O–H groups in total. The van der Waals surface area contributed by atoms with E-state index < -0.39 is 0 Å². The van der Waals surface area contributed by atoms with Crippen LogP contribution < -0.4 is 0 Å². The van der Waals surface area contributed by atoms with E-state index >= 15 is 0 Å². The van der Waals surface area contributed by atoms with Crippen LogP contribution >= 0.6 is 0 Å². The largest absolute Gasteiger partial charge is 4.00 e. The van der Waals surface area contributed by atoms with Crippen molar-refractivity contribution < 1.29 is 21.7 Å². The van der Waals surface area contributed by atoms with Crippen LogP contribution in [0.3, 0.4) is 0 Å². The molecule has 0 heterocycles. The first-order valence-corrected chi connectivity index (χ1v) is 7.57. The summed E-state index contributed by atoms with van der Waals surface area (Å²) >= 11 is 0. The topological polar surface area (TPSA) is 28.2 Å². The van der Waals surface area contributed by atoms with E-state index in [4.69, 9.17) is 10.6 Å². The second kappa shape index (κ2) is 12.2.